The van der Waals surface area contributed by atoms with Gasteiger partial charge in [-0.05, 0) is 83.5 Å². The fourth-order valence-corrected chi connectivity index (χ4v) is 5.69. The minimum absolute atomic E-state index is 0.0637. The van der Waals surface area contributed by atoms with E-state index in [0.717, 1.165) is 57.8 Å². The molecule has 1 N–H and O–H groups in total. The van der Waals surface area contributed by atoms with Gasteiger partial charge in [-0.25, -0.2) is 0 Å². The van der Waals surface area contributed by atoms with E-state index >= 15 is 0 Å². The van der Waals surface area contributed by atoms with Crippen LogP contribution >= 0.6 is 7.82 Å². The van der Waals surface area contributed by atoms with Crippen molar-refractivity contribution in [1.82, 2.24) is 0 Å². The van der Waals surface area contributed by atoms with Crippen molar-refractivity contribution in [2.45, 2.75) is 122 Å². The van der Waals surface area contributed by atoms with Gasteiger partial charge >= 0.3 is 11.9 Å². The Bertz CT molecular complexity index is 1590. The minimum Gasteiger partial charge on any atom is -0.756 e. The van der Waals surface area contributed by atoms with E-state index in [-0.39, 0.29) is 26.1 Å². The lowest BCUT2D eigenvalue weighted by molar-refractivity contribution is -0.870. The second-order valence-electron chi connectivity index (χ2n) is 15.5. The maximum Gasteiger partial charge on any atom is 0.306 e. The number of allylic oxidation sites excluding steroid dienone is 22. The molecular formula is C52H80NO9P. The minimum atomic E-state index is -4.69. The van der Waals surface area contributed by atoms with Crippen molar-refractivity contribution in [2.24, 2.45) is 0 Å². The highest BCUT2D eigenvalue weighted by atomic mass is 31.2. The summed E-state index contributed by atoms with van der Waals surface area (Å²) in [6.45, 7) is 3.70. The zero-order valence-electron chi connectivity index (χ0n) is 39.1. The largest absolute Gasteiger partial charge is 0.756 e. The maximum atomic E-state index is 12.7. The monoisotopic (exact) mass is 894 g/mol. The first-order valence-corrected chi connectivity index (χ1v) is 24.1. The van der Waals surface area contributed by atoms with Crippen LogP contribution in [0.1, 0.15) is 110 Å². The molecule has 0 radical (unpaired) electrons. The van der Waals surface area contributed by atoms with Crippen LogP contribution in [0.25, 0.3) is 0 Å². The molecule has 0 aromatic carbocycles. The quantitative estimate of drug-likeness (QED) is 0.0211. The number of aliphatic hydroxyl groups excluding tert-OH is 1. The molecule has 0 aliphatic rings. The SMILES string of the molecule is CC/C=C\C/C=C\C/C=C\C/C=C\C/C=C\C/C=C\CCC(=O)O[C@H](COC(=O)CC/C=C\C/C=C\C/C=C\C=C\C(O)C/C=C\C/C=C\CC)COP(=O)([O-])OCC[N+](C)(C)C. The number of rotatable bonds is 38. The van der Waals surface area contributed by atoms with Crippen molar-refractivity contribution in [3.63, 3.8) is 0 Å². The van der Waals surface area contributed by atoms with E-state index in [1.807, 2.05) is 81.9 Å². The van der Waals surface area contributed by atoms with Crippen LogP contribution in [0.2, 0.25) is 0 Å². The molecule has 0 aromatic heterocycles. The van der Waals surface area contributed by atoms with E-state index in [9.17, 15) is 24.2 Å². The van der Waals surface area contributed by atoms with Crippen LogP contribution in [-0.4, -0.2) is 81.2 Å². The number of phosphoric ester groups is 1. The van der Waals surface area contributed by atoms with Crippen molar-refractivity contribution in [2.75, 3.05) is 47.5 Å². The van der Waals surface area contributed by atoms with Gasteiger partial charge in [-0.1, -0.05) is 160 Å². The number of aliphatic hydroxyl groups is 1. The molecule has 0 spiro atoms. The lowest BCUT2D eigenvalue weighted by Crippen LogP contribution is -2.37. The Morgan fingerprint density at radius 2 is 1.00 bits per heavy atom. The van der Waals surface area contributed by atoms with E-state index < -0.39 is 38.6 Å². The third kappa shape index (κ3) is 45.7. The van der Waals surface area contributed by atoms with Crippen molar-refractivity contribution in [3.8, 4) is 0 Å². The molecule has 0 fully saturated rings. The maximum absolute atomic E-state index is 12.7. The third-order valence-corrected chi connectivity index (χ3v) is 9.43. The fourth-order valence-electron chi connectivity index (χ4n) is 4.96. The molecule has 10 nitrogen and oxygen atoms in total. The second kappa shape index (κ2) is 41.8. The molecule has 2 unspecified atom stereocenters. The number of esters is 2. The Morgan fingerprint density at radius 3 is 1.48 bits per heavy atom. The number of ether oxygens (including phenoxy) is 2. The van der Waals surface area contributed by atoms with E-state index in [1.54, 1.807) is 6.08 Å². The topological polar surface area (TPSA) is 131 Å². The zero-order chi connectivity index (χ0) is 46.5. The first-order chi connectivity index (χ1) is 30.4. The van der Waals surface area contributed by atoms with Crippen LogP contribution in [0.15, 0.2) is 146 Å². The Balaban J connectivity index is 4.67. The third-order valence-electron chi connectivity index (χ3n) is 8.46. The van der Waals surface area contributed by atoms with Gasteiger partial charge in [0.05, 0.1) is 33.9 Å². The van der Waals surface area contributed by atoms with Crippen molar-refractivity contribution >= 4 is 19.8 Å². The molecule has 0 aliphatic heterocycles. The number of phosphoric acid groups is 1. The summed E-state index contributed by atoms with van der Waals surface area (Å²) in [5.41, 5.74) is 0. The first-order valence-electron chi connectivity index (χ1n) is 22.7. The van der Waals surface area contributed by atoms with Gasteiger partial charge in [-0.15, -0.1) is 0 Å². The summed E-state index contributed by atoms with van der Waals surface area (Å²) < 4.78 is 33.7. The van der Waals surface area contributed by atoms with Gasteiger partial charge in [0.25, 0.3) is 7.82 Å². The molecule has 0 heterocycles. The van der Waals surface area contributed by atoms with Crippen LogP contribution < -0.4 is 4.89 Å². The highest BCUT2D eigenvalue weighted by Crippen LogP contribution is 2.38. The summed E-state index contributed by atoms with van der Waals surface area (Å²) in [6, 6.07) is 0. The van der Waals surface area contributed by atoms with E-state index in [1.165, 1.54) is 0 Å². The number of hydrogen-bond acceptors (Lipinski definition) is 9. The molecule has 11 heteroatoms. The second-order valence-corrected chi connectivity index (χ2v) is 16.9. The molecule has 0 aromatic rings. The van der Waals surface area contributed by atoms with Crippen LogP contribution in [0.4, 0.5) is 0 Å². The average molecular weight is 894 g/mol. The standard InChI is InChI=1S/C52H80NO9P/c1-6-8-10-12-14-15-16-17-18-19-20-21-22-23-24-29-32-36-40-44-52(56)62-50(48-61-63(57,58)60-46-45-53(3,4)5)47-59-51(55)43-39-35-31-28-26-25-27-30-34-38-42-49(54)41-37-33-13-11-9-7-2/h8-11,14-15,17-18,20-21,23-26,30-38,42,49-50,54H,6-7,12-13,16,19,22,27-29,39-41,43-48H2,1-5H3/b10-8-,11-9-,15-14-,18-17-,21-20-,24-23-,26-25-,34-30-,35-31-,36-32-,37-33-,42-38+/t49?,50-/m1/s1. The zero-order valence-corrected chi connectivity index (χ0v) is 39.9. The van der Waals surface area contributed by atoms with Crippen LogP contribution in [0.3, 0.4) is 0 Å². The Morgan fingerprint density at radius 1 is 0.571 bits per heavy atom. The molecule has 63 heavy (non-hydrogen) atoms. The lowest BCUT2D eigenvalue weighted by atomic mass is 10.2. The fraction of sp³-hybridized carbons (Fsp3) is 0.500. The highest BCUT2D eigenvalue weighted by molar-refractivity contribution is 7.45. The van der Waals surface area contributed by atoms with Gasteiger partial charge < -0.3 is 33.0 Å². The molecule has 0 aliphatic carbocycles. The predicted octanol–water partition coefficient (Wildman–Crippen LogP) is 11.6. The summed E-state index contributed by atoms with van der Waals surface area (Å²) in [7, 11) is 1.02. The summed E-state index contributed by atoms with van der Waals surface area (Å²) in [6.07, 6.45) is 57.9. The van der Waals surface area contributed by atoms with Crippen LogP contribution in [-0.2, 0) is 32.7 Å². The molecule has 0 saturated heterocycles. The smallest absolute Gasteiger partial charge is 0.306 e. The Hall–Kier alpha value is -4.15. The molecule has 3 atom stereocenters. The van der Waals surface area contributed by atoms with E-state index in [0.29, 0.717) is 36.7 Å². The Labute approximate surface area is 381 Å². The first kappa shape index (κ1) is 58.9. The summed E-state index contributed by atoms with van der Waals surface area (Å²) in [4.78, 5) is 37.5. The number of nitrogens with zero attached hydrogens (tertiary/aromatic N) is 1. The van der Waals surface area contributed by atoms with E-state index in [2.05, 4.69) is 92.8 Å². The van der Waals surface area contributed by atoms with Gasteiger partial charge in [0.2, 0.25) is 0 Å². The molecular weight excluding hydrogens is 814 g/mol. The summed E-state index contributed by atoms with van der Waals surface area (Å²) in [5, 5.41) is 10.0. The number of quaternary nitrogens is 1. The van der Waals surface area contributed by atoms with Gasteiger partial charge in [0.15, 0.2) is 6.10 Å². The van der Waals surface area contributed by atoms with Gasteiger partial charge in [0.1, 0.15) is 19.8 Å². The van der Waals surface area contributed by atoms with Gasteiger partial charge in [-0.3, -0.25) is 14.2 Å². The number of hydrogen-bond donors (Lipinski definition) is 1. The lowest BCUT2D eigenvalue weighted by Gasteiger charge is -2.28. The van der Waals surface area contributed by atoms with E-state index in [4.69, 9.17) is 18.5 Å². The van der Waals surface area contributed by atoms with Crippen molar-refractivity contribution in [3.05, 3.63) is 146 Å². The molecule has 0 amide bonds. The van der Waals surface area contributed by atoms with Crippen molar-refractivity contribution < 1.29 is 47.2 Å². The van der Waals surface area contributed by atoms with Crippen molar-refractivity contribution in [1.29, 1.82) is 0 Å². The number of carbonyl (C=O) groups excluding carboxylic acids is 2. The molecule has 352 valence electrons. The normalized spacial score (nSPS) is 15.3. The molecule has 0 bridgehead atoms. The molecule has 0 saturated carbocycles. The van der Waals surface area contributed by atoms with Gasteiger partial charge in [0, 0.05) is 12.8 Å². The predicted molar refractivity (Wildman–Crippen MR) is 260 cm³/mol. The Kier molecular flexibility index (Phi) is 39.1. The highest BCUT2D eigenvalue weighted by Gasteiger charge is 2.21. The van der Waals surface area contributed by atoms with Gasteiger partial charge in [-0.2, -0.15) is 0 Å². The average Bonchev–Trinajstić information content (AvgIpc) is 3.23. The molecule has 0 rings (SSSR count). The summed E-state index contributed by atoms with van der Waals surface area (Å²) in [5.74, 6) is -1.08. The summed E-state index contributed by atoms with van der Waals surface area (Å²) >= 11 is 0. The van der Waals surface area contributed by atoms with Crippen LogP contribution in [0, 0.1) is 0 Å². The number of carbonyl (C=O) groups is 2. The number of likely N-dealkylation sites (N-methyl/N-ethyl adjacent to an activating group) is 1. The van der Waals surface area contributed by atoms with Crippen LogP contribution in [0.5, 0.6) is 0 Å².